The molecule has 106 valence electrons. The largest absolute Gasteiger partial charge is 0.364 e. The van der Waals surface area contributed by atoms with Crippen molar-refractivity contribution in [1.29, 1.82) is 5.26 Å². The van der Waals surface area contributed by atoms with Crippen molar-refractivity contribution in [1.82, 2.24) is 5.32 Å². The third-order valence-corrected chi connectivity index (χ3v) is 2.60. The Balaban J connectivity index is 3.29. The van der Waals surface area contributed by atoms with Gasteiger partial charge in [0.15, 0.2) is 5.84 Å². The van der Waals surface area contributed by atoms with E-state index in [4.69, 9.17) is 5.26 Å². The molecule has 0 amide bonds. The van der Waals surface area contributed by atoms with Gasteiger partial charge in [0.25, 0.3) is 0 Å². The van der Waals surface area contributed by atoms with E-state index in [1.807, 2.05) is 27.0 Å². The number of rotatable bonds is 3. The van der Waals surface area contributed by atoms with Crippen molar-refractivity contribution in [2.75, 3.05) is 12.1 Å². The van der Waals surface area contributed by atoms with Crippen LogP contribution < -0.4 is 5.32 Å². The molecule has 0 atom stereocenters. The van der Waals surface area contributed by atoms with E-state index in [2.05, 4.69) is 33.1 Å². The number of nitrogens with one attached hydrogen (secondary N) is 1. The zero-order chi connectivity index (χ0) is 15.2. The van der Waals surface area contributed by atoms with Gasteiger partial charge < -0.3 is 5.32 Å². The lowest BCUT2D eigenvalue weighted by Crippen LogP contribution is -2.45. The second-order valence-corrected chi connectivity index (χ2v) is 6.00. The second kappa shape index (κ2) is 7.06. The molecule has 0 bridgehead atoms. The van der Waals surface area contributed by atoms with Crippen LogP contribution in [0.25, 0.3) is 0 Å². The maximum absolute atomic E-state index is 9.08. The van der Waals surface area contributed by atoms with Crippen molar-refractivity contribution in [3.05, 3.63) is 23.5 Å². The molecule has 0 fully saturated rings. The Morgan fingerprint density at radius 3 is 2.75 bits per heavy atom. The van der Waals surface area contributed by atoms with Crippen molar-refractivity contribution in [2.24, 2.45) is 15.0 Å². The quantitative estimate of drug-likeness (QED) is 0.811. The summed E-state index contributed by atoms with van der Waals surface area (Å²) in [5, 5.41) is 12.4. The average molecular weight is 289 g/mol. The van der Waals surface area contributed by atoms with Gasteiger partial charge in [0, 0.05) is 17.3 Å². The predicted octanol–water partition coefficient (Wildman–Crippen LogP) is 2.54. The monoisotopic (exact) mass is 289 g/mol. The smallest absolute Gasteiger partial charge is 0.154 e. The van der Waals surface area contributed by atoms with E-state index >= 15 is 0 Å². The summed E-state index contributed by atoms with van der Waals surface area (Å²) in [5.41, 5.74) is 1.60. The van der Waals surface area contributed by atoms with Gasteiger partial charge in [0.05, 0.1) is 5.88 Å². The summed E-state index contributed by atoms with van der Waals surface area (Å²) < 4.78 is 0. The van der Waals surface area contributed by atoms with E-state index in [0.29, 0.717) is 23.1 Å². The molecule has 0 unspecified atom stereocenters. The van der Waals surface area contributed by atoms with Crippen molar-refractivity contribution in [3.63, 3.8) is 0 Å². The molecule has 0 aromatic rings. The summed E-state index contributed by atoms with van der Waals surface area (Å²) in [5.74, 6) is 1.21. The van der Waals surface area contributed by atoms with Crippen LogP contribution in [0.1, 0.15) is 20.8 Å². The zero-order valence-electron chi connectivity index (χ0n) is 12.3. The summed E-state index contributed by atoms with van der Waals surface area (Å²) in [6, 6.07) is 2.06. The molecule has 20 heavy (non-hydrogen) atoms. The molecule has 1 aliphatic heterocycles. The number of nitrogens with zero attached hydrogens (tertiary/aromatic N) is 4. The lowest BCUT2D eigenvalue weighted by Gasteiger charge is -2.26. The molecule has 1 N–H and O–H groups in total. The van der Waals surface area contributed by atoms with Crippen molar-refractivity contribution >= 4 is 30.0 Å². The van der Waals surface area contributed by atoms with E-state index in [9.17, 15) is 0 Å². The van der Waals surface area contributed by atoms with E-state index in [1.165, 1.54) is 0 Å². The summed E-state index contributed by atoms with van der Waals surface area (Å²) in [6.07, 6.45) is 5.24. The van der Waals surface area contributed by atoms with Crippen LogP contribution in [0.3, 0.4) is 0 Å². The Morgan fingerprint density at radius 1 is 1.55 bits per heavy atom. The molecule has 0 aliphatic carbocycles. The van der Waals surface area contributed by atoms with Crippen LogP contribution in [0.2, 0.25) is 0 Å². The van der Waals surface area contributed by atoms with Crippen molar-refractivity contribution in [2.45, 2.75) is 26.3 Å². The molecule has 0 saturated heterocycles. The first kappa shape index (κ1) is 16.2. The van der Waals surface area contributed by atoms with Crippen LogP contribution in [0.4, 0.5) is 0 Å². The summed E-state index contributed by atoms with van der Waals surface area (Å²) in [6.45, 7) is 9.55. The molecular formula is C14H19N5S. The molecule has 0 aromatic carbocycles. The number of allylic oxidation sites excluding steroid dienone is 2. The van der Waals surface area contributed by atoms with E-state index in [1.54, 1.807) is 24.0 Å². The topological polar surface area (TPSA) is 72.9 Å². The van der Waals surface area contributed by atoms with Crippen LogP contribution in [0, 0.1) is 11.3 Å². The molecule has 1 aliphatic rings. The summed E-state index contributed by atoms with van der Waals surface area (Å²) in [4.78, 5) is 12.6. The first-order valence-electron chi connectivity index (χ1n) is 6.10. The zero-order valence-corrected chi connectivity index (χ0v) is 13.1. The average Bonchev–Trinajstić information content (AvgIpc) is 2.36. The Kier molecular flexibility index (Phi) is 5.71. The van der Waals surface area contributed by atoms with Crippen LogP contribution in [0.15, 0.2) is 38.5 Å². The minimum absolute atomic E-state index is 0.177. The Morgan fingerprint density at radius 2 is 2.25 bits per heavy atom. The number of thioether (sulfide) groups is 1. The molecule has 1 rings (SSSR count). The first-order chi connectivity index (χ1) is 9.41. The number of hydrogen-bond acceptors (Lipinski definition) is 6. The lowest BCUT2D eigenvalue weighted by atomic mass is 10.0. The second-order valence-electron chi connectivity index (χ2n) is 5.17. The number of hydrogen-bond donors (Lipinski definition) is 1. The van der Waals surface area contributed by atoms with Gasteiger partial charge >= 0.3 is 0 Å². The molecule has 0 radical (unpaired) electrons. The highest BCUT2D eigenvalue weighted by Crippen LogP contribution is 2.16. The SMILES string of the molecule is C=N/C=C1/C=C(C#N)N=C(NC(C)(C)C)/C1=N/CSC. The van der Waals surface area contributed by atoms with Gasteiger partial charge in [-0.05, 0) is 39.8 Å². The van der Waals surface area contributed by atoms with Gasteiger partial charge in [0.2, 0.25) is 0 Å². The number of amidine groups is 1. The van der Waals surface area contributed by atoms with Gasteiger partial charge in [-0.15, -0.1) is 11.8 Å². The van der Waals surface area contributed by atoms with E-state index < -0.39 is 0 Å². The van der Waals surface area contributed by atoms with Crippen LogP contribution >= 0.6 is 11.8 Å². The van der Waals surface area contributed by atoms with Gasteiger partial charge in [-0.25, -0.2) is 4.99 Å². The van der Waals surface area contributed by atoms with E-state index in [-0.39, 0.29) is 5.54 Å². The minimum atomic E-state index is -0.177. The molecular weight excluding hydrogens is 270 g/mol. The van der Waals surface area contributed by atoms with Crippen molar-refractivity contribution in [3.8, 4) is 6.07 Å². The molecule has 0 aromatic heterocycles. The normalized spacial score (nSPS) is 19.4. The fraction of sp³-hybridized carbons (Fsp3) is 0.429. The van der Waals surface area contributed by atoms with Gasteiger partial charge in [-0.3, -0.25) is 9.98 Å². The van der Waals surface area contributed by atoms with Gasteiger partial charge in [-0.2, -0.15) is 5.26 Å². The molecule has 0 saturated carbocycles. The molecule has 1 heterocycles. The summed E-state index contributed by atoms with van der Waals surface area (Å²) in [7, 11) is 0. The van der Waals surface area contributed by atoms with E-state index in [0.717, 1.165) is 5.57 Å². The predicted molar refractivity (Wildman–Crippen MR) is 87.5 cm³/mol. The van der Waals surface area contributed by atoms with Crippen LogP contribution in [-0.2, 0) is 0 Å². The minimum Gasteiger partial charge on any atom is -0.364 e. The van der Waals surface area contributed by atoms with Crippen molar-refractivity contribution < 1.29 is 0 Å². The third kappa shape index (κ3) is 4.67. The fourth-order valence-electron chi connectivity index (χ4n) is 1.55. The maximum atomic E-state index is 9.08. The standard InChI is InChI=1S/C14H19N5S/c1-14(2,3)19-13-12(17-9-20-5)10(8-16-4)6-11(7-15)18-13/h6,8H,4,9H2,1-3,5H3,(H,18,19)/b10-8-,17-12+. The van der Waals surface area contributed by atoms with Gasteiger partial charge in [0.1, 0.15) is 17.5 Å². The number of nitriles is 1. The highest BCUT2D eigenvalue weighted by molar-refractivity contribution is 7.98. The third-order valence-electron chi connectivity index (χ3n) is 2.21. The highest BCUT2D eigenvalue weighted by atomic mass is 32.2. The Bertz CT molecular complexity index is 541. The van der Waals surface area contributed by atoms with Crippen LogP contribution in [-0.4, -0.2) is 35.9 Å². The fourth-order valence-corrected chi connectivity index (χ4v) is 1.81. The molecule has 5 nitrogen and oxygen atoms in total. The number of aliphatic imine (C=N–C) groups is 3. The van der Waals surface area contributed by atoms with Gasteiger partial charge in [-0.1, -0.05) is 0 Å². The maximum Gasteiger partial charge on any atom is 0.154 e. The lowest BCUT2D eigenvalue weighted by molar-refractivity contribution is 0.514. The Labute approximate surface area is 124 Å². The summed E-state index contributed by atoms with van der Waals surface area (Å²) >= 11 is 1.61. The Hall–Kier alpha value is -1.87. The molecule has 0 spiro atoms. The van der Waals surface area contributed by atoms with Crippen LogP contribution in [0.5, 0.6) is 0 Å². The molecule has 6 heteroatoms. The first-order valence-corrected chi connectivity index (χ1v) is 7.49. The highest BCUT2D eigenvalue weighted by Gasteiger charge is 2.23.